The number of nitrogens with zero attached hydrogens (tertiary/aromatic N) is 3. The van der Waals surface area contributed by atoms with Gasteiger partial charge in [-0.15, -0.1) is 0 Å². The van der Waals surface area contributed by atoms with Crippen LogP contribution in [0.4, 0.5) is 11.4 Å². The molecular formula is C16H22ClN3. The van der Waals surface area contributed by atoms with Crippen molar-refractivity contribution in [2.75, 3.05) is 31.6 Å². The quantitative estimate of drug-likeness (QED) is 0.817. The van der Waals surface area contributed by atoms with E-state index in [1.54, 1.807) is 0 Å². The Morgan fingerprint density at radius 3 is 2.55 bits per heavy atom. The van der Waals surface area contributed by atoms with Crippen molar-refractivity contribution in [3.05, 3.63) is 23.2 Å². The Morgan fingerprint density at radius 2 is 1.80 bits per heavy atom. The fourth-order valence-corrected chi connectivity index (χ4v) is 3.21. The highest BCUT2D eigenvalue weighted by Crippen LogP contribution is 2.34. The number of rotatable bonds is 2. The Labute approximate surface area is 126 Å². The second-order valence-corrected chi connectivity index (χ2v) is 6.17. The molecule has 4 heteroatoms. The highest BCUT2D eigenvalue weighted by molar-refractivity contribution is 6.31. The summed E-state index contributed by atoms with van der Waals surface area (Å²) in [5.41, 5.74) is 2.27. The number of piperidine rings is 1. The Balaban J connectivity index is 1.94. The van der Waals surface area contributed by atoms with E-state index in [1.165, 1.54) is 37.2 Å². The molecule has 0 unspecified atom stereocenters. The molecule has 0 saturated carbocycles. The first-order chi connectivity index (χ1) is 9.74. The minimum Gasteiger partial charge on any atom is -0.370 e. The van der Waals surface area contributed by atoms with Crippen LogP contribution < -0.4 is 4.90 Å². The van der Waals surface area contributed by atoms with Crippen LogP contribution >= 0.6 is 11.6 Å². The van der Waals surface area contributed by atoms with Crippen molar-refractivity contribution in [3.8, 4) is 0 Å². The van der Waals surface area contributed by atoms with Crippen LogP contribution in [0.5, 0.6) is 0 Å². The minimum atomic E-state index is 0.769. The molecule has 0 radical (unpaired) electrons. The number of aliphatic imine (C=N–C) groups is 1. The second-order valence-electron chi connectivity index (χ2n) is 5.73. The van der Waals surface area contributed by atoms with Crippen LogP contribution in [-0.4, -0.2) is 37.4 Å². The van der Waals surface area contributed by atoms with Gasteiger partial charge in [0.05, 0.1) is 11.4 Å². The number of halogens is 1. The van der Waals surface area contributed by atoms with Crippen LogP contribution in [0.2, 0.25) is 5.02 Å². The molecule has 0 spiro atoms. The van der Waals surface area contributed by atoms with Crippen molar-refractivity contribution in [2.45, 2.75) is 32.1 Å². The number of hydrogen-bond acceptors (Lipinski definition) is 2. The maximum Gasteiger partial charge on any atom is 0.105 e. The molecular weight excluding hydrogens is 270 g/mol. The summed E-state index contributed by atoms with van der Waals surface area (Å²) in [6.45, 7) is 3.38. The van der Waals surface area contributed by atoms with E-state index >= 15 is 0 Å². The molecule has 0 N–H and O–H groups in total. The normalized spacial score (nSPS) is 21.8. The molecule has 0 bridgehead atoms. The lowest BCUT2D eigenvalue weighted by atomic mass is 10.1. The molecule has 1 aromatic rings. The summed E-state index contributed by atoms with van der Waals surface area (Å²) >= 11 is 6.18. The van der Waals surface area contributed by atoms with Gasteiger partial charge >= 0.3 is 0 Å². The van der Waals surface area contributed by atoms with Gasteiger partial charge in [0.2, 0.25) is 0 Å². The van der Waals surface area contributed by atoms with Crippen LogP contribution in [0.3, 0.4) is 0 Å². The van der Waals surface area contributed by atoms with Gasteiger partial charge in [-0.25, -0.2) is 4.99 Å². The van der Waals surface area contributed by atoms with Gasteiger partial charge in [0.25, 0.3) is 0 Å². The number of hydrogen-bond donors (Lipinski definition) is 0. The van der Waals surface area contributed by atoms with Gasteiger partial charge in [-0.3, -0.25) is 0 Å². The number of likely N-dealkylation sites (tertiary alicyclic amines) is 1. The van der Waals surface area contributed by atoms with Gasteiger partial charge in [0, 0.05) is 38.1 Å². The third-order valence-electron chi connectivity index (χ3n) is 4.22. The summed E-state index contributed by atoms with van der Waals surface area (Å²) in [7, 11) is 2.14. The van der Waals surface area contributed by atoms with E-state index in [2.05, 4.69) is 22.9 Å². The van der Waals surface area contributed by atoms with Gasteiger partial charge < -0.3 is 9.80 Å². The smallest absolute Gasteiger partial charge is 0.105 e. The van der Waals surface area contributed by atoms with E-state index in [0.29, 0.717) is 0 Å². The number of amidine groups is 1. The van der Waals surface area contributed by atoms with Crippen molar-refractivity contribution < 1.29 is 0 Å². The minimum absolute atomic E-state index is 0.769. The first-order valence-electron chi connectivity index (χ1n) is 7.57. The molecule has 2 heterocycles. The monoisotopic (exact) mass is 291 g/mol. The highest BCUT2D eigenvalue weighted by Gasteiger charge is 2.18. The van der Waals surface area contributed by atoms with E-state index < -0.39 is 0 Å². The summed E-state index contributed by atoms with van der Waals surface area (Å²) in [5, 5.41) is 0.769. The summed E-state index contributed by atoms with van der Waals surface area (Å²) in [6, 6.07) is 6.10. The molecule has 3 nitrogen and oxygen atoms in total. The van der Waals surface area contributed by atoms with Crippen molar-refractivity contribution in [3.63, 3.8) is 0 Å². The lowest BCUT2D eigenvalue weighted by molar-refractivity contribution is 0.434. The van der Waals surface area contributed by atoms with Crippen molar-refractivity contribution >= 4 is 28.8 Å². The van der Waals surface area contributed by atoms with Crippen molar-refractivity contribution in [2.24, 2.45) is 4.99 Å². The molecule has 2 aliphatic heterocycles. The van der Waals surface area contributed by atoms with Crippen molar-refractivity contribution in [1.29, 1.82) is 0 Å². The zero-order valence-corrected chi connectivity index (χ0v) is 12.9. The predicted molar refractivity (Wildman–Crippen MR) is 86.5 cm³/mol. The topological polar surface area (TPSA) is 18.8 Å². The largest absolute Gasteiger partial charge is 0.370 e. The summed E-state index contributed by atoms with van der Waals surface area (Å²) in [5.74, 6) is 1.19. The predicted octanol–water partition coefficient (Wildman–Crippen LogP) is 4.09. The Bertz CT molecular complexity index is 506. The standard InChI is InChI=1S/C16H22ClN3/c1-19-9-3-2-6-16(19)18-14-12-13(17)7-8-15(14)20-10-4-5-11-20/h7-8,12H,2-6,9-11H2,1H3. The van der Waals surface area contributed by atoms with E-state index in [1.807, 2.05) is 12.1 Å². The maximum absolute atomic E-state index is 6.18. The molecule has 0 atom stereocenters. The van der Waals surface area contributed by atoms with Crippen molar-refractivity contribution in [1.82, 2.24) is 4.90 Å². The lowest BCUT2D eigenvalue weighted by Crippen LogP contribution is -2.31. The third-order valence-corrected chi connectivity index (χ3v) is 4.45. The molecule has 108 valence electrons. The molecule has 1 aromatic carbocycles. The molecule has 0 aromatic heterocycles. The molecule has 20 heavy (non-hydrogen) atoms. The zero-order valence-electron chi connectivity index (χ0n) is 12.1. The Morgan fingerprint density at radius 1 is 1.05 bits per heavy atom. The summed E-state index contributed by atoms with van der Waals surface area (Å²) in [4.78, 5) is 9.63. The van der Waals surface area contributed by atoms with E-state index in [9.17, 15) is 0 Å². The van der Waals surface area contributed by atoms with Gasteiger partial charge in [-0.05, 0) is 43.9 Å². The van der Waals surface area contributed by atoms with E-state index in [0.717, 1.165) is 36.8 Å². The lowest BCUT2D eigenvalue weighted by Gasteiger charge is -2.27. The van der Waals surface area contributed by atoms with Gasteiger partial charge in [-0.2, -0.15) is 0 Å². The molecule has 2 fully saturated rings. The van der Waals surface area contributed by atoms with E-state index in [-0.39, 0.29) is 0 Å². The Hall–Kier alpha value is -1.22. The Kier molecular flexibility index (Phi) is 4.16. The first-order valence-corrected chi connectivity index (χ1v) is 7.95. The van der Waals surface area contributed by atoms with Gasteiger partial charge in [-0.1, -0.05) is 11.6 Å². The van der Waals surface area contributed by atoms with Gasteiger partial charge in [0.15, 0.2) is 0 Å². The molecule has 2 saturated heterocycles. The maximum atomic E-state index is 6.18. The third kappa shape index (κ3) is 2.93. The highest BCUT2D eigenvalue weighted by atomic mass is 35.5. The number of anilines is 1. The molecule has 3 rings (SSSR count). The van der Waals surface area contributed by atoms with Gasteiger partial charge in [0.1, 0.15) is 5.84 Å². The molecule has 2 aliphatic rings. The summed E-state index contributed by atoms with van der Waals surface area (Å²) < 4.78 is 0. The van der Waals surface area contributed by atoms with E-state index in [4.69, 9.17) is 16.6 Å². The fourth-order valence-electron chi connectivity index (χ4n) is 3.04. The van der Waals surface area contributed by atoms with Crippen LogP contribution in [0.25, 0.3) is 0 Å². The zero-order chi connectivity index (χ0) is 13.9. The van der Waals surface area contributed by atoms with Crippen LogP contribution in [-0.2, 0) is 0 Å². The van der Waals surface area contributed by atoms with Crippen LogP contribution in [0.1, 0.15) is 32.1 Å². The SMILES string of the molecule is CN1CCCCC1=Nc1cc(Cl)ccc1N1CCCC1. The van der Waals surface area contributed by atoms with Crippen LogP contribution in [0, 0.1) is 0 Å². The fraction of sp³-hybridized carbons (Fsp3) is 0.562. The van der Waals surface area contributed by atoms with Crippen LogP contribution in [0.15, 0.2) is 23.2 Å². The number of benzene rings is 1. The molecule has 0 aliphatic carbocycles. The average Bonchev–Trinajstić information content (AvgIpc) is 2.95. The molecule has 0 amide bonds. The first kappa shape index (κ1) is 13.7. The summed E-state index contributed by atoms with van der Waals surface area (Å²) in [6.07, 6.45) is 6.13. The average molecular weight is 292 g/mol. The second kappa shape index (κ2) is 6.04.